The van der Waals surface area contributed by atoms with Gasteiger partial charge in [-0.25, -0.2) is 4.39 Å². The molecule has 2 atom stereocenters. The van der Waals surface area contributed by atoms with Crippen LogP contribution in [0.5, 0.6) is 5.75 Å². The largest absolute Gasteiger partial charge is 0.478 e. The molecule has 0 fully saturated rings. The predicted molar refractivity (Wildman–Crippen MR) is 77.0 cm³/mol. The van der Waals surface area contributed by atoms with Gasteiger partial charge in [-0.05, 0) is 44.0 Å². The van der Waals surface area contributed by atoms with Crippen LogP contribution < -0.4 is 15.8 Å². The maximum Gasteiger partial charge on any atom is 0.258 e. The number of rotatable bonds is 8. The number of primary amides is 1. The van der Waals surface area contributed by atoms with Gasteiger partial charge >= 0.3 is 0 Å². The highest BCUT2D eigenvalue weighted by molar-refractivity contribution is 5.79. The average molecular weight is 282 g/mol. The first kappa shape index (κ1) is 16.4. The summed E-state index contributed by atoms with van der Waals surface area (Å²) in [6, 6.07) is 4.83. The Hall–Kier alpha value is -1.62. The summed E-state index contributed by atoms with van der Waals surface area (Å²) in [5.41, 5.74) is 6.02. The van der Waals surface area contributed by atoms with Gasteiger partial charge < -0.3 is 15.8 Å². The Morgan fingerprint density at radius 3 is 2.65 bits per heavy atom. The smallest absolute Gasteiger partial charge is 0.258 e. The molecular weight excluding hydrogens is 259 g/mol. The van der Waals surface area contributed by atoms with E-state index in [1.54, 1.807) is 19.1 Å². The second kappa shape index (κ2) is 7.85. The Morgan fingerprint density at radius 2 is 2.15 bits per heavy atom. The summed E-state index contributed by atoms with van der Waals surface area (Å²) < 4.78 is 19.3. The quantitative estimate of drug-likeness (QED) is 0.770. The third-order valence-electron chi connectivity index (χ3n) is 3.11. The molecule has 20 heavy (non-hydrogen) atoms. The summed E-state index contributed by atoms with van der Waals surface area (Å²) in [6.45, 7) is 6.69. The van der Waals surface area contributed by atoms with E-state index in [-0.39, 0.29) is 11.8 Å². The molecule has 1 aromatic rings. The molecule has 112 valence electrons. The van der Waals surface area contributed by atoms with E-state index < -0.39 is 17.8 Å². The molecule has 1 amide bonds. The molecule has 1 rings (SSSR count). The third-order valence-corrected chi connectivity index (χ3v) is 3.11. The van der Waals surface area contributed by atoms with Crippen molar-refractivity contribution in [3.63, 3.8) is 0 Å². The molecule has 1 aromatic carbocycles. The highest BCUT2D eigenvalue weighted by Gasteiger charge is 2.17. The van der Waals surface area contributed by atoms with Crippen molar-refractivity contribution in [2.45, 2.75) is 45.8 Å². The Balaban J connectivity index is 2.79. The molecular formula is C15H23FN2O2. The fraction of sp³-hybridized carbons (Fsp3) is 0.533. The summed E-state index contributed by atoms with van der Waals surface area (Å²) in [7, 11) is 0. The minimum atomic E-state index is -0.800. The first-order valence-electron chi connectivity index (χ1n) is 6.98. The maximum absolute atomic E-state index is 14.0. The van der Waals surface area contributed by atoms with E-state index in [0.29, 0.717) is 6.42 Å². The van der Waals surface area contributed by atoms with Crippen molar-refractivity contribution in [1.29, 1.82) is 0 Å². The van der Waals surface area contributed by atoms with Crippen LogP contribution in [-0.2, 0) is 4.79 Å². The van der Waals surface area contributed by atoms with Crippen LogP contribution >= 0.6 is 0 Å². The minimum absolute atomic E-state index is 0.0575. The monoisotopic (exact) mass is 282 g/mol. The van der Waals surface area contributed by atoms with E-state index in [0.717, 1.165) is 18.5 Å². The lowest BCUT2D eigenvalue weighted by Gasteiger charge is -2.17. The number of amides is 1. The summed E-state index contributed by atoms with van der Waals surface area (Å²) >= 11 is 0. The van der Waals surface area contributed by atoms with Gasteiger partial charge in [0, 0.05) is 6.04 Å². The standard InChI is InChI=1S/C15H23FN2O2/c1-4-8-18-10(3)11-6-7-14(12(16)9-11)20-13(5-2)15(17)19/h6-7,9-10,13,18H,4-5,8H2,1-3H3,(H2,17,19). The fourth-order valence-electron chi connectivity index (χ4n) is 1.86. The van der Waals surface area contributed by atoms with Crippen molar-refractivity contribution >= 4 is 5.91 Å². The third kappa shape index (κ3) is 4.49. The van der Waals surface area contributed by atoms with Crippen molar-refractivity contribution in [2.75, 3.05) is 6.54 Å². The van der Waals surface area contributed by atoms with E-state index in [2.05, 4.69) is 12.2 Å². The number of ether oxygens (including phenoxy) is 1. The van der Waals surface area contributed by atoms with Crippen molar-refractivity contribution in [3.8, 4) is 5.75 Å². The van der Waals surface area contributed by atoms with Gasteiger partial charge in [0.05, 0.1) is 0 Å². The van der Waals surface area contributed by atoms with E-state index in [9.17, 15) is 9.18 Å². The van der Waals surface area contributed by atoms with Crippen LogP contribution in [0.4, 0.5) is 4.39 Å². The Bertz CT molecular complexity index is 451. The molecule has 3 N–H and O–H groups in total. The van der Waals surface area contributed by atoms with Crippen molar-refractivity contribution in [1.82, 2.24) is 5.32 Å². The Kier molecular flexibility index (Phi) is 6.45. The van der Waals surface area contributed by atoms with Crippen LogP contribution in [0.15, 0.2) is 18.2 Å². The molecule has 5 heteroatoms. The summed E-state index contributed by atoms with van der Waals surface area (Å²) in [5.74, 6) is -1.01. The van der Waals surface area contributed by atoms with Crippen molar-refractivity contribution in [3.05, 3.63) is 29.6 Å². The molecule has 0 aliphatic heterocycles. The zero-order valence-electron chi connectivity index (χ0n) is 12.3. The highest BCUT2D eigenvalue weighted by atomic mass is 19.1. The molecule has 0 saturated heterocycles. The van der Waals surface area contributed by atoms with Gasteiger partial charge in [-0.15, -0.1) is 0 Å². The van der Waals surface area contributed by atoms with Gasteiger partial charge in [-0.1, -0.05) is 19.9 Å². The second-order valence-electron chi connectivity index (χ2n) is 4.78. The van der Waals surface area contributed by atoms with Crippen LogP contribution in [0, 0.1) is 5.82 Å². The van der Waals surface area contributed by atoms with Crippen molar-refractivity contribution in [2.24, 2.45) is 5.73 Å². The zero-order chi connectivity index (χ0) is 15.1. The molecule has 0 aromatic heterocycles. The molecule has 0 aliphatic rings. The van der Waals surface area contributed by atoms with Crippen LogP contribution in [0.3, 0.4) is 0 Å². The minimum Gasteiger partial charge on any atom is -0.478 e. The summed E-state index contributed by atoms with van der Waals surface area (Å²) in [4.78, 5) is 11.1. The number of nitrogens with two attached hydrogens (primary N) is 1. The van der Waals surface area contributed by atoms with Crippen LogP contribution in [0.2, 0.25) is 0 Å². The molecule has 4 nitrogen and oxygen atoms in total. The van der Waals surface area contributed by atoms with Crippen LogP contribution in [0.1, 0.15) is 45.2 Å². The summed E-state index contributed by atoms with van der Waals surface area (Å²) in [5, 5.41) is 3.28. The fourth-order valence-corrected chi connectivity index (χ4v) is 1.86. The second-order valence-corrected chi connectivity index (χ2v) is 4.78. The number of benzene rings is 1. The van der Waals surface area contributed by atoms with Gasteiger partial charge in [0.25, 0.3) is 5.91 Å². The molecule has 2 unspecified atom stereocenters. The van der Waals surface area contributed by atoms with Gasteiger partial charge in [0.2, 0.25) is 0 Å². The Labute approximate surface area is 119 Å². The lowest BCUT2D eigenvalue weighted by molar-refractivity contribution is -0.124. The van der Waals surface area contributed by atoms with E-state index in [1.165, 1.54) is 6.07 Å². The van der Waals surface area contributed by atoms with E-state index in [4.69, 9.17) is 10.5 Å². The average Bonchev–Trinajstić information content (AvgIpc) is 2.42. The topological polar surface area (TPSA) is 64.3 Å². The van der Waals surface area contributed by atoms with Crippen LogP contribution in [-0.4, -0.2) is 18.6 Å². The van der Waals surface area contributed by atoms with Gasteiger partial charge in [-0.3, -0.25) is 4.79 Å². The molecule has 0 radical (unpaired) electrons. The lowest BCUT2D eigenvalue weighted by atomic mass is 10.1. The lowest BCUT2D eigenvalue weighted by Crippen LogP contribution is -2.33. The predicted octanol–water partition coefficient (Wildman–Crippen LogP) is 2.53. The normalized spacial score (nSPS) is 13.8. The molecule has 0 spiro atoms. The van der Waals surface area contributed by atoms with Gasteiger partial charge in [-0.2, -0.15) is 0 Å². The zero-order valence-corrected chi connectivity index (χ0v) is 12.3. The van der Waals surface area contributed by atoms with Crippen molar-refractivity contribution < 1.29 is 13.9 Å². The summed E-state index contributed by atoms with van der Waals surface area (Å²) in [6.07, 6.45) is 0.626. The van der Waals surface area contributed by atoms with Gasteiger partial charge in [0.1, 0.15) is 0 Å². The molecule has 0 saturated carbocycles. The number of hydrogen-bond acceptors (Lipinski definition) is 3. The van der Waals surface area contributed by atoms with Gasteiger partial charge in [0.15, 0.2) is 17.7 Å². The number of carbonyl (C=O) groups is 1. The SMILES string of the molecule is CCCNC(C)c1ccc(OC(CC)C(N)=O)c(F)c1. The van der Waals surface area contributed by atoms with E-state index in [1.807, 2.05) is 6.92 Å². The number of nitrogens with one attached hydrogen (secondary N) is 1. The molecule has 0 aliphatic carbocycles. The highest BCUT2D eigenvalue weighted by Crippen LogP contribution is 2.23. The molecule has 0 heterocycles. The first-order valence-corrected chi connectivity index (χ1v) is 6.98. The number of carbonyl (C=O) groups excluding carboxylic acids is 1. The first-order chi connectivity index (χ1) is 9.49. The Morgan fingerprint density at radius 1 is 1.45 bits per heavy atom. The number of hydrogen-bond donors (Lipinski definition) is 2. The number of halogens is 1. The van der Waals surface area contributed by atoms with Crippen LogP contribution in [0.25, 0.3) is 0 Å². The molecule has 0 bridgehead atoms. The van der Waals surface area contributed by atoms with E-state index >= 15 is 0 Å². The maximum atomic E-state index is 14.0.